The Labute approximate surface area is 308 Å². The third-order valence-corrected chi connectivity index (χ3v) is 9.38. The number of ketones is 1. The van der Waals surface area contributed by atoms with E-state index in [4.69, 9.17) is 9.47 Å². The number of Topliss-reactive ketones (excluding diaryl/α,β-unsaturated/α-hetero) is 1. The van der Waals surface area contributed by atoms with E-state index in [1.807, 2.05) is 93.3 Å². The van der Waals surface area contributed by atoms with Crippen LogP contribution in [0.15, 0.2) is 60.7 Å². The first-order valence-electron chi connectivity index (χ1n) is 18.6. The topological polar surface area (TPSA) is 158 Å². The minimum atomic E-state index is -1.03. The fraction of sp³-hybridized carbons (Fsp3) is 0.575. The highest BCUT2D eigenvalue weighted by atomic mass is 16.6. The van der Waals surface area contributed by atoms with Gasteiger partial charge in [-0.1, -0.05) is 88.4 Å². The Hall–Kier alpha value is -4.13. The fourth-order valence-corrected chi connectivity index (χ4v) is 6.33. The van der Waals surface area contributed by atoms with Crippen LogP contribution >= 0.6 is 0 Å². The number of aryl methyl sites for hydroxylation is 1. The lowest BCUT2D eigenvalue weighted by molar-refractivity contribution is -0.135. The molecule has 1 unspecified atom stereocenters. The first kappa shape index (κ1) is 40.6. The maximum Gasteiger partial charge on any atom is 0.243 e. The van der Waals surface area contributed by atoms with Gasteiger partial charge >= 0.3 is 0 Å². The van der Waals surface area contributed by atoms with Crippen molar-refractivity contribution in [2.45, 2.75) is 96.5 Å². The quantitative estimate of drug-likeness (QED) is 0.152. The van der Waals surface area contributed by atoms with Crippen molar-refractivity contribution in [3.8, 4) is 0 Å². The predicted octanol–water partition coefficient (Wildman–Crippen LogP) is 2.58. The second-order valence-electron chi connectivity index (χ2n) is 15.0. The molecule has 2 aliphatic heterocycles. The number of epoxide rings is 1. The first-order chi connectivity index (χ1) is 24.8. The zero-order chi connectivity index (χ0) is 37.7. The molecule has 2 heterocycles. The van der Waals surface area contributed by atoms with E-state index < -0.39 is 47.5 Å². The summed E-state index contributed by atoms with van der Waals surface area (Å²) in [6, 6.07) is 15.3. The number of carbonyl (C=O) groups excluding carboxylic acids is 5. The molecular formula is C40H57N5O7. The van der Waals surface area contributed by atoms with E-state index in [1.165, 1.54) is 0 Å². The van der Waals surface area contributed by atoms with Crippen LogP contribution < -0.4 is 21.3 Å². The number of ether oxygens (including phenoxy) is 2. The lowest BCUT2D eigenvalue weighted by atomic mass is 9.93. The second-order valence-corrected chi connectivity index (χ2v) is 15.0. The molecule has 5 atom stereocenters. The summed E-state index contributed by atoms with van der Waals surface area (Å²) in [7, 11) is 0. The number of hydrogen-bond donors (Lipinski definition) is 4. The molecule has 284 valence electrons. The Bertz CT molecular complexity index is 1480. The van der Waals surface area contributed by atoms with Gasteiger partial charge in [0.2, 0.25) is 23.6 Å². The average Bonchev–Trinajstić information content (AvgIpc) is 3.87. The van der Waals surface area contributed by atoms with Crippen molar-refractivity contribution in [3.05, 3.63) is 71.8 Å². The van der Waals surface area contributed by atoms with Gasteiger partial charge < -0.3 is 30.7 Å². The minimum Gasteiger partial charge on any atom is -0.379 e. The second kappa shape index (κ2) is 19.6. The van der Waals surface area contributed by atoms with Gasteiger partial charge in [0.05, 0.1) is 32.4 Å². The summed E-state index contributed by atoms with van der Waals surface area (Å²) in [4.78, 5) is 70.5. The van der Waals surface area contributed by atoms with Gasteiger partial charge in [-0.05, 0) is 55.6 Å². The van der Waals surface area contributed by atoms with Crippen LogP contribution in [0.1, 0.15) is 65.0 Å². The van der Waals surface area contributed by atoms with Gasteiger partial charge in [-0.15, -0.1) is 0 Å². The average molecular weight is 720 g/mol. The number of nitrogens with zero attached hydrogens (tertiary/aromatic N) is 1. The zero-order valence-corrected chi connectivity index (χ0v) is 31.3. The molecule has 52 heavy (non-hydrogen) atoms. The monoisotopic (exact) mass is 719 g/mol. The molecule has 0 aliphatic carbocycles. The Morgan fingerprint density at radius 1 is 0.692 bits per heavy atom. The molecule has 4 N–H and O–H groups in total. The van der Waals surface area contributed by atoms with Crippen molar-refractivity contribution in [2.24, 2.45) is 11.8 Å². The summed E-state index contributed by atoms with van der Waals surface area (Å²) in [6.45, 7) is 12.3. The Morgan fingerprint density at radius 3 is 1.77 bits per heavy atom. The molecule has 0 radical (unpaired) electrons. The normalized spacial score (nSPS) is 19.6. The maximum absolute atomic E-state index is 14.1. The molecular weight excluding hydrogens is 662 g/mol. The maximum atomic E-state index is 14.1. The van der Waals surface area contributed by atoms with Crippen molar-refractivity contribution in [1.82, 2.24) is 26.2 Å². The molecule has 0 bridgehead atoms. The molecule has 2 aromatic carbocycles. The van der Waals surface area contributed by atoms with Crippen LogP contribution in [0.5, 0.6) is 0 Å². The van der Waals surface area contributed by atoms with E-state index in [-0.39, 0.29) is 36.5 Å². The SMILES string of the molecule is CC(C)C[C@H](NC(=O)[C@H](CCc1ccccc1)NC(=O)CN1CCOCC1)C(=O)NC(Cc1ccccc1)C(=O)N[C@@H](CC(C)C)C(=O)[C@]1(C)CO1. The van der Waals surface area contributed by atoms with Crippen LogP contribution in [0.4, 0.5) is 0 Å². The number of hydrogen-bond acceptors (Lipinski definition) is 8. The Morgan fingerprint density at radius 2 is 1.19 bits per heavy atom. The zero-order valence-electron chi connectivity index (χ0n) is 31.3. The van der Waals surface area contributed by atoms with Crippen LogP contribution in [0.3, 0.4) is 0 Å². The van der Waals surface area contributed by atoms with Crippen LogP contribution in [0.25, 0.3) is 0 Å². The van der Waals surface area contributed by atoms with Crippen molar-refractivity contribution in [3.63, 3.8) is 0 Å². The molecule has 2 fully saturated rings. The molecule has 12 nitrogen and oxygen atoms in total. The molecule has 4 rings (SSSR count). The summed E-state index contributed by atoms with van der Waals surface area (Å²) in [5.74, 6) is -1.83. The lowest BCUT2D eigenvalue weighted by Crippen LogP contribution is -2.59. The van der Waals surface area contributed by atoms with E-state index in [0.29, 0.717) is 58.6 Å². The molecule has 2 aliphatic rings. The van der Waals surface area contributed by atoms with E-state index in [0.717, 1.165) is 11.1 Å². The highest BCUT2D eigenvalue weighted by molar-refractivity contribution is 5.98. The number of morpholine rings is 1. The highest BCUT2D eigenvalue weighted by Crippen LogP contribution is 2.29. The summed E-state index contributed by atoms with van der Waals surface area (Å²) in [5, 5.41) is 11.7. The summed E-state index contributed by atoms with van der Waals surface area (Å²) in [6.07, 6.45) is 1.76. The molecule has 12 heteroatoms. The molecule has 0 spiro atoms. The summed E-state index contributed by atoms with van der Waals surface area (Å²) in [5.41, 5.74) is 0.915. The van der Waals surface area contributed by atoms with Gasteiger partial charge in [-0.25, -0.2) is 0 Å². The van der Waals surface area contributed by atoms with Gasteiger partial charge in [0.25, 0.3) is 0 Å². The van der Waals surface area contributed by atoms with Gasteiger partial charge in [-0.3, -0.25) is 28.9 Å². The summed E-state index contributed by atoms with van der Waals surface area (Å²) >= 11 is 0. The van der Waals surface area contributed by atoms with Crippen LogP contribution in [0.2, 0.25) is 0 Å². The van der Waals surface area contributed by atoms with Crippen LogP contribution in [0, 0.1) is 11.8 Å². The third-order valence-electron chi connectivity index (χ3n) is 9.38. The predicted molar refractivity (Wildman–Crippen MR) is 198 cm³/mol. The van der Waals surface area contributed by atoms with Crippen molar-refractivity contribution < 1.29 is 33.4 Å². The van der Waals surface area contributed by atoms with Crippen LogP contribution in [-0.4, -0.2) is 104 Å². The van der Waals surface area contributed by atoms with Crippen molar-refractivity contribution in [2.75, 3.05) is 39.5 Å². The summed E-state index contributed by atoms with van der Waals surface area (Å²) < 4.78 is 10.8. The third kappa shape index (κ3) is 13.1. The fourth-order valence-electron chi connectivity index (χ4n) is 6.33. The van der Waals surface area contributed by atoms with Crippen molar-refractivity contribution in [1.29, 1.82) is 0 Å². The molecule has 2 saturated heterocycles. The van der Waals surface area contributed by atoms with Crippen LogP contribution in [-0.2, 0) is 46.3 Å². The smallest absolute Gasteiger partial charge is 0.243 e. The van der Waals surface area contributed by atoms with E-state index in [2.05, 4.69) is 21.3 Å². The van der Waals surface area contributed by atoms with Gasteiger partial charge in [-0.2, -0.15) is 0 Å². The largest absolute Gasteiger partial charge is 0.379 e. The highest BCUT2D eigenvalue weighted by Gasteiger charge is 2.50. The lowest BCUT2D eigenvalue weighted by Gasteiger charge is -2.29. The van der Waals surface area contributed by atoms with E-state index >= 15 is 0 Å². The number of carbonyl (C=O) groups is 5. The number of benzene rings is 2. The van der Waals surface area contributed by atoms with Crippen molar-refractivity contribution >= 4 is 29.4 Å². The molecule has 0 aromatic heterocycles. The van der Waals surface area contributed by atoms with Gasteiger partial charge in [0.1, 0.15) is 23.7 Å². The van der Waals surface area contributed by atoms with Gasteiger partial charge in [0, 0.05) is 19.5 Å². The molecule has 2 aromatic rings. The van der Waals surface area contributed by atoms with E-state index in [9.17, 15) is 24.0 Å². The van der Waals surface area contributed by atoms with Gasteiger partial charge in [0.15, 0.2) is 5.78 Å². The molecule has 0 saturated carbocycles. The van der Waals surface area contributed by atoms with E-state index in [1.54, 1.807) is 6.92 Å². The minimum absolute atomic E-state index is 0.0171. The number of rotatable bonds is 20. The Balaban J connectivity index is 1.51. The number of nitrogens with one attached hydrogen (secondary N) is 4. The number of amides is 4. The first-order valence-corrected chi connectivity index (χ1v) is 18.6. The molecule has 4 amide bonds. The standard InChI is InChI=1S/C40H57N5O7/c1-27(2)22-32(36(47)40(5)26-52-40)42-39(50)34(24-30-14-10-7-11-15-30)44-38(49)33(23-28(3)4)43-37(48)31(17-16-29-12-8-6-9-13-29)41-35(46)25-45-18-20-51-21-19-45/h6-15,27-28,31-34H,16-26H2,1-5H3,(H,41,46)(H,42,50)(H,43,48)(H,44,49)/t31-,32-,33-,34?,40-/m0/s1. The Kier molecular flexibility index (Phi) is 15.3.